The first kappa shape index (κ1) is 19.6. The van der Waals surface area contributed by atoms with Crippen molar-refractivity contribution in [3.05, 3.63) is 90.0 Å². The summed E-state index contributed by atoms with van der Waals surface area (Å²) in [6.45, 7) is 4.17. The van der Waals surface area contributed by atoms with Gasteiger partial charge in [0, 0.05) is 17.4 Å². The molecule has 0 fully saturated rings. The van der Waals surface area contributed by atoms with E-state index < -0.39 is 0 Å². The van der Waals surface area contributed by atoms with Crippen LogP contribution in [0.1, 0.15) is 34.6 Å². The van der Waals surface area contributed by atoms with Crippen LogP contribution >= 0.6 is 0 Å². The predicted molar refractivity (Wildman–Crippen MR) is 119 cm³/mol. The van der Waals surface area contributed by atoms with Gasteiger partial charge in [-0.3, -0.25) is 9.59 Å². The van der Waals surface area contributed by atoms with Gasteiger partial charge in [-0.1, -0.05) is 60.7 Å². The smallest absolute Gasteiger partial charge is 0.203 e. The number of hydrogen-bond acceptors (Lipinski definition) is 3. The van der Waals surface area contributed by atoms with Gasteiger partial charge in [-0.25, -0.2) is 0 Å². The van der Waals surface area contributed by atoms with E-state index in [0.29, 0.717) is 16.9 Å². The second kappa shape index (κ2) is 8.37. The molecule has 0 saturated heterocycles. The summed E-state index contributed by atoms with van der Waals surface area (Å²) < 4.78 is 7.99. The molecule has 0 aliphatic carbocycles. The number of ether oxygens (including phenoxy) is 1. The van der Waals surface area contributed by atoms with Crippen LogP contribution in [0.15, 0.2) is 78.9 Å². The molecule has 4 nitrogen and oxygen atoms in total. The monoisotopic (exact) mass is 397 g/mol. The minimum absolute atomic E-state index is 0.0920. The van der Waals surface area contributed by atoms with Gasteiger partial charge in [0.25, 0.3) is 0 Å². The van der Waals surface area contributed by atoms with E-state index in [-0.39, 0.29) is 18.2 Å². The molecule has 4 rings (SSSR count). The van der Waals surface area contributed by atoms with Crippen molar-refractivity contribution in [3.8, 4) is 17.0 Å². The Bertz CT molecular complexity index is 1220. The molecule has 0 radical (unpaired) electrons. The topological polar surface area (TPSA) is 48.3 Å². The highest BCUT2D eigenvalue weighted by molar-refractivity contribution is 6.14. The van der Waals surface area contributed by atoms with E-state index in [9.17, 15) is 9.59 Å². The fraction of sp³-hybridized carbons (Fsp3) is 0.154. The highest BCUT2D eigenvalue weighted by Crippen LogP contribution is 2.34. The summed E-state index contributed by atoms with van der Waals surface area (Å²) in [4.78, 5) is 25.3. The van der Waals surface area contributed by atoms with E-state index in [1.54, 1.807) is 24.3 Å². The van der Waals surface area contributed by atoms with Crippen molar-refractivity contribution in [1.82, 2.24) is 4.57 Å². The van der Waals surface area contributed by atoms with Gasteiger partial charge in [0.15, 0.2) is 12.4 Å². The molecule has 0 N–H and O–H groups in total. The Labute approximate surface area is 175 Å². The molecule has 4 heteroatoms. The van der Waals surface area contributed by atoms with Gasteiger partial charge in [0.1, 0.15) is 5.75 Å². The normalized spacial score (nSPS) is 10.9. The highest BCUT2D eigenvalue weighted by Gasteiger charge is 2.23. The van der Waals surface area contributed by atoms with Gasteiger partial charge in [-0.05, 0) is 37.6 Å². The summed E-state index contributed by atoms with van der Waals surface area (Å²) in [5.74, 6) is 0.222. The first-order chi connectivity index (χ1) is 14.6. The molecule has 1 heterocycles. The Balaban J connectivity index is 1.79. The third-order valence-corrected chi connectivity index (χ3v) is 5.24. The van der Waals surface area contributed by atoms with E-state index in [1.807, 2.05) is 54.6 Å². The summed E-state index contributed by atoms with van der Waals surface area (Å²) in [7, 11) is 0. The average molecular weight is 397 g/mol. The third kappa shape index (κ3) is 3.52. The van der Waals surface area contributed by atoms with E-state index in [2.05, 4.69) is 11.5 Å². The van der Waals surface area contributed by atoms with Crippen molar-refractivity contribution in [2.45, 2.75) is 20.4 Å². The zero-order valence-corrected chi connectivity index (χ0v) is 17.1. The minimum Gasteiger partial charge on any atom is -0.485 e. The van der Waals surface area contributed by atoms with Gasteiger partial charge >= 0.3 is 0 Å². The number of Topliss-reactive ketones (excluding diaryl/α,β-unsaturated/α-hetero) is 2. The Kier molecular flexibility index (Phi) is 5.48. The lowest BCUT2D eigenvalue weighted by molar-refractivity contribution is 0.0915. The lowest BCUT2D eigenvalue weighted by Gasteiger charge is -2.12. The molecule has 3 aromatic carbocycles. The van der Waals surface area contributed by atoms with Crippen molar-refractivity contribution in [2.24, 2.45) is 0 Å². The van der Waals surface area contributed by atoms with Crippen LogP contribution < -0.4 is 4.74 Å². The summed E-state index contributed by atoms with van der Waals surface area (Å²) >= 11 is 0. The fourth-order valence-electron chi connectivity index (χ4n) is 3.91. The molecular formula is C26H23NO3. The van der Waals surface area contributed by atoms with Crippen molar-refractivity contribution < 1.29 is 14.3 Å². The molecule has 150 valence electrons. The van der Waals surface area contributed by atoms with Gasteiger partial charge in [0.05, 0.1) is 16.8 Å². The number of aromatic nitrogens is 1. The summed E-state index contributed by atoms with van der Waals surface area (Å²) in [5, 5.41) is 0.909. The maximum absolute atomic E-state index is 13.4. The molecule has 0 amide bonds. The lowest BCUT2D eigenvalue weighted by atomic mass is 10.0. The molecule has 0 aliphatic rings. The number of para-hydroxylation sites is 2. The number of rotatable bonds is 7. The van der Waals surface area contributed by atoms with Crippen LogP contribution in [0.4, 0.5) is 0 Å². The molecule has 1 aromatic heterocycles. The third-order valence-electron chi connectivity index (χ3n) is 5.24. The van der Waals surface area contributed by atoms with Crippen LogP contribution in [0.25, 0.3) is 22.2 Å². The number of fused-ring (bicyclic) bond motifs is 1. The quantitative estimate of drug-likeness (QED) is 0.371. The average Bonchev–Trinajstić information content (AvgIpc) is 3.12. The van der Waals surface area contributed by atoms with Crippen molar-refractivity contribution >= 4 is 22.5 Å². The van der Waals surface area contributed by atoms with Crippen LogP contribution in [-0.4, -0.2) is 22.7 Å². The van der Waals surface area contributed by atoms with Crippen LogP contribution in [0.5, 0.6) is 5.75 Å². The van der Waals surface area contributed by atoms with Crippen molar-refractivity contribution in [2.75, 3.05) is 6.61 Å². The number of ketones is 2. The van der Waals surface area contributed by atoms with Gasteiger partial charge in [-0.15, -0.1) is 0 Å². The number of hydrogen-bond donors (Lipinski definition) is 0. The van der Waals surface area contributed by atoms with Crippen LogP contribution in [-0.2, 0) is 6.54 Å². The highest BCUT2D eigenvalue weighted by atomic mass is 16.5. The Morgan fingerprint density at radius 3 is 2.27 bits per heavy atom. The fourth-order valence-corrected chi connectivity index (χ4v) is 3.91. The number of nitrogens with zero attached hydrogens (tertiary/aromatic N) is 1. The summed E-state index contributed by atoms with van der Waals surface area (Å²) in [5.41, 5.74) is 4.03. The Hall–Kier alpha value is -3.66. The molecule has 0 bridgehead atoms. The van der Waals surface area contributed by atoms with Crippen LogP contribution in [0.3, 0.4) is 0 Å². The number of carbonyl (C=O) groups is 2. The predicted octanol–water partition coefficient (Wildman–Crippen LogP) is 5.79. The lowest BCUT2D eigenvalue weighted by Crippen LogP contribution is -2.14. The molecule has 4 aromatic rings. The van der Waals surface area contributed by atoms with E-state index >= 15 is 0 Å². The van der Waals surface area contributed by atoms with Gasteiger partial charge in [-0.2, -0.15) is 0 Å². The van der Waals surface area contributed by atoms with Crippen molar-refractivity contribution in [3.63, 3.8) is 0 Å². The van der Waals surface area contributed by atoms with Gasteiger partial charge < -0.3 is 9.30 Å². The summed E-state index contributed by atoms with van der Waals surface area (Å²) in [6.07, 6.45) is 0. The molecular weight excluding hydrogens is 374 g/mol. The molecule has 0 saturated carbocycles. The largest absolute Gasteiger partial charge is 0.485 e. The van der Waals surface area contributed by atoms with E-state index in [0.717, 1.165) is 28.7 Å². The maximum Gasteiger partial charge on any atom is 0.203 e. The zero-order valence-electron chi connectivity index (χ0n) is 17.1. The molecule has 0 atom stereocenters. The van der Waals surface area contributed by atoms with Crippen LogP contribution in [0, 0.1) is 0 Å². The zero-order chi connectivity index (χ0) is 21.1. The Morgan fingerprint density at radius 1 is 0.867 bits per heavy atom. The second-order valence-corrected chi connectivity index (χ2v) is 7.12. The molecule has 0 spiro atoms. The molecule has 0 aliphatic heterocycles. The maximum atomic E-state index is 13.4. The molecule has 30 heavy (non-hydrogen) atoms. The van der Waals surface area contributed by atoms with E-state index in [1.165, 1.54) is 6.92 Å². The van der Waals surface area contributed by atoms with E-state index in [4.69, 9.17) is 4.74 Å². The Morgan fingerprint density at radius 2 is 1.53 bits per heavy atom. The summed E-state index contributed by atoms with van der Waals surface area (Å²) in [6, 6.07) is 24.9. The first-order valence-corrected chi connectivity index (χ1v) is 10.0. The SMILES string of the molecule is CCn1c(-c2ccccc2)c(C(=O)COc2ccccc2C(C)=O)c2ccccc21. The minimum atomic E-state index is -0.137. The van der Waals surface area contributed by atoms with Crippen molar-refractivity contribution in [1.29, 1.82) is 0 Å². The van der Waals surface area contributed by atoms with Gasteiger partial charge in [0.2, 0.25) is 5.78 Å². The second-order valence-electron chi connectivity index (χ2n) is 7.12. The first-order valence-electron chi connectivity index (χ1n) is 10.0. The standard InChI is InChI=1S/C26H23NO3/c1-3-27-22-15-9-7-14-21(22)25(26(27)19-11-5-4-6-12-19)23(29)17-30-24-16-10-8-13-20(24)18(2)28/h4-16H,3,17H2,1-2H3. The number of aryl methyl sites for hydroxylation is 1. The molecule has 0 unspecified atom stereocenters. The number of benzene rings is 3. The number of carbonyl (C=O) groups excluding carboxylic acids is 2. The van der Waals surface area contributed by atoms with Crippen LogP contribution in [0.2, 0.25) is 0 Å².